The van der Waals surface area contributed by atoms with Gasteiger partial charge in [0.15, 0.2) is 0 Å². The quantitative estimate of drug-likeness (QED) is 0.875. The van der Waals surface area contributed by atoms with Gasteiger partial charge in [0, 0.05) is 36.6 Å². The van der Waals surface area contributed by atoms with Crippen molar-refractivity contribution in [1.82, 2.24) is 9.88 Å². The van der Waals surface area contributed by atoms with Gasteiger partial charge in [-0.3, -0.25) is 9.59 Å². The number of hydrogen-bond acceptors (Lipinski definition) is 2. The van der Waals surface area contributed by atoms with Gasteiger partial charge in [0.05, 0.1) is 6.42 Å². The number of nitrogens with one attached hydrogen (secondary N) is 1. The molecule has 0 spiro atoms. The van der Waals surface area contributed by atoms with Crippen LogP contribution in [0.5, 0.6) is 0 Å². The van der Waals surface area contributed by atoms with Crippen molar-refractivity contribution in [1.29, 1.82) is 0 Å². The zero-order valence-corrected chi connectivity index (χ0v) is 11.6. The average Bonchev–Trinajstić information content (AvgIpc) is 2.67. The highest BCUT2D eigenvalue weighted by atomic mass is 16.4. The Labute approximate surface area is 117 Å². The van der Waals surface area contributed by atoms with Crippen LogP contribution in [0.25, 0.3) is 10.9 Å². The molecule has 2 aromatic rings. The SMILES string of the molecule is Cc1c(CNC(=O)CCC(=O)O)c2ccccc2n1C. The lowest BCUT2D eigenvalue weighted by Crippen LogP contribution is -2.23. The molecular formula is C15H18N2O3. The number of benzene rings is 1. The van der Waals surface area contributed by atoms with Crippen molar-refractivity contribution >= 4 is 22.8 Å². The third kappa shape index (κ3) is 2.82. The highest BCUT2D eigenvalue weighted by molar-refractivity contribution is 5.86. The van der Waals surface area contributed by atoms with Gasteiger partial charge < -0.3 is 15.0 Å². The first kappa shape index (κ1) is 14.1. The maximum atomic E-state index is 11.6. The third-order valence-electron chi connectivity index (χ3n) is 3.56. The molecule has 0 bridgehead atoms. The zero-order chi connectivity index (χ0) is 14.7. The molecule has 0 aliphatic carbocycles. The fourth-order valence-corrected chi connectivity index (χ4v) is 2.32. The van der Waals surface area contributed by atoms with E-state index in [4.69, 9.17) is 5.11 Å². The van der Waals surface area contributed by atoms with Crippen LogP contribution < -0.4 is 5.32 Å². The highest BCUT2D eigenvalue weighted by Gasteiger charge is 2.12. The molecular weight excluding hydrogens is 256 g/mol. The zero-order valence-electron chi connectivity index (χ0n) is 11.6. The summed E-state index contributed by atoms with van der Waals surface area (Å²) in [4.78, 5) is 22.0. The molecule has 2 N–H and O–H groups in total. The molecule has 5 heteroatoms. The molecule has 1 heterocycles. The summed E-state index contributed by atoms with van der Waals surface area (Å²) >= 11 is 0. The minimum Gasteiger partial charge on any atom is -0.481 e. The van der Waals surface area contributed by atoms with Gasteiger partial charge in [-0.2, -0.15) is 0 Å². The first-order valence-electron chi connectivity index (χ1n) is 6.52. The molecule has 2 rings (SSSR count). The van der Waals surface area contributed by atoms with Crippen molar-refractivity contribution in [2.75, 3.05) is 0 Å². The molecule has 1 aromatic carbocycles. The molecule has 0 unspecified atom stereocenters. The molecule has 0 fully saturated rings. The van der Waals surface area contributed by atoms with Crippen LogP contribution in [0.15, 0.2) is 24.3 Å². The van der Waals surface area contributed by atoms with Gasteiger partial charge in [-0.05, 0) is 18.6 Å². The second-order valence-electron chi connectivity index (χ2n) is 4.81. The number of hydrogen-bond donors (Lipinski definition) is 2. The van der Waals surface area contributed by atoms with Crippen molar-refractivity contribution in [2.45, 2.75) is 26.3 Å². The van der Waals surface area contributed by atoms with Crippen molar-refractivity contribution in [2.24, 2.45) is 7.05 Å². The van der Waals surface area contributed by atoms with Crippen LogP contribution in [0, 0.1) is 6.92 Å². The van der Waals surface area contributed by atoms with E-state index in [-0.39, 0.29) is 18.7 Å². The normalized spacial score (nSPS) is 10.7. The number of carboxylic acids is 1. The number of amides is 1. The molecule has 5 nitrogen and oxygen atoms in total. The molecule has 1 aromatic heterocycles. The van der Waals surface area contributed by atoms with E-state index < -0.39 is 5.97 Å². The predicted octanol–water partition coefficient (Wildman–Crippen LogP) is 1.97. The number of carbonyl (C=O) groups is 2. The van der Waals surface area contributed by atoms with E-state index in [2.05, 4.69) is 9.88 Å². The van der Waals surface area contributed by atoms with E-state index in [1.54, 1.807) is 0 Å². The second kappa shape index (κ2) is 5.77. The summed E-state index contributed by atoms with van der Waals surface area (Å²) in [6, 6.07) is 8.02. The summed E-state index contributed by atoms with van der Waals surface area (Å²) in [6.45, 7) is 2.43. The van der Waals surface area contributed by atoms with Crippen LogP contribution in [0.4, 0.5) is 0 Å². The fourth-order valence-electron chi connectivity index (χ4n) is 2.32. The Hall–Kier alpha value is -2.30. The van der Waals surface area contributed by atoms with Crippen molar-refractivity contribution < 1.29 is 14.7 Å². The number of carbonyl (C=O) groups excluding carboxylic acids is 1. The number of fused-ring (bicyclic) bond motifs is 1. The van der Waals surface area contributed by atoms with Crippen LogP contribution >= 0.6 is 0 Å². The Morgan fingerprint density at radius 1 is 1.25 bits per heavy atom. The summed E-state index contributed by atoms with van der Waals surface area (Å²) in [6.07, 6.45) is -0.125. The monoisotopic (exact) mass is 274 g/mol. The minimum atomic E-state index is -0.957. The highest BCUT2D eigenvalue weighted by Crippen LogP contribution is 2.24. The Morgan fingerprint density at radius 2 is 1.95 bits per heavy atom. The van der Waals surface area contributed by atoms with E-state index in [0.717, 1.165) is 22.2 Å². The molecule has 20 heavy (non-hydrogen) atoms. The molecule has 1 amide bonds. The van der Waals surface area contributed by atoms with Gasteiger partial charge in [-0.15, -0.1) is 0 Å². The van der Waals surface area contributed by atoms with Crippen LogP contribution in [0.1, 0.15) is 24.1 Å². The summed E-state index contributed by atoms with van der Waals surface area (Å²) in [5, 5.41) is 12.5. The van der Waals surface area contributed by atoms with E-state index in [1.807, 2.05) is 38.2 Å². The maximum Gasteiger partial charge on any atom is 0.303 e. The number of para-hydroxylation sites is 1. The van der Waals surface area contributed by atoms with Gasteiger partial charge in [-0.1, -0.05) is 18.2 Å². The maximum absolute atomic E-state index is 11.6. The van der Waals surface area contributed by atoms with E-state index in [9.17, 15) is 9.59 Å². The lowest BCUT2D eigenvalue weighted by molar-refractivity contribution is -0.138. The van der Waals surface area contributed by atoms with Crippen LogP contribution in [-0.4, -0.2) is 21.6 Å². The summed E-state index contributed by atoms with van der Waals surface area (Å²) < 4.78 is 2.09. The van der Waals surface area contributed by atoms with Gasteiger partial charge in [-0.25, -0.2) is 0 Å². The van der Waals surface area contributed by atoms with Crippen molar-refractivity contribution in [3.63, 3.8) is 0 Å². The van der Waals surface area contributed by atoms with E-state index in [0.29, 0.717) is 6.54 Å². The Bertz CT molecular complexity index is 658. The molecule has 0 saturated heterocycles. The third-order valence-corrected chi connectivity index (χ3v) is 3.56. The Morgan fingerprint density at radius 3 is 2.65 bits per heavy atom. The minimum absolute atomic E-state index is 0.0130. The lowest BCUT2D eigenvalue weighted by Gasteiger charge is -2.05. The molecule has 106 valence electrons. The lowest BCUT2D eigenvalue weighted by atomic mass is 10.1. The van der Waals surface area contributed by atoms with Crippen LogP contribution in [0.2, 0.25) is 0 Å². The van der Waals surface area contributed by atoms with Crippen LogP contribution in [-0.2, 0) is 23.2 Å². The Kier molecular flexibility index (Phi) is 4.08. The van der Waals surface area contributed by atoms with E-state index in [1.165, 1.54) is 0 Å². The number of carboxylic acid groups (broad SMARTS) is 1. The number of aromatic nitrogens is 1. The number of nitrogens with zero attached hydrogens (tertiary/aromatic N) is 1. The van der Waals surface area contributed by atoms with Gasteiger partial charge in [0.2, 0.25) is 5.91 Å². The number of aryl methyl sites for hydroxylation is 1. The fraction of sp³-hybridized carbons (Fsp3) is 0.333. The largest absolute Gasteiger partial charge is 0.481 e. The first-order valence-corrected chi connectivity index (χ1v) is 6.52. The average molecular weight is 274 g/mol. The molecule has 0 aliphatic heterocycles. The standard InChI is InChI=1S/C15H18N2O3/c1-10-12(9-16-14(18)7-8-15(19)20)11-5-3-4-6-13(11)17(10)2/h3-6H,7-9H2,1-2H3,(H,16,18)(H,19,20). The van der Waals surface area contributed by atoms with Gasteiger partial charge in [0.1, 0.15) is 0 Å². The van der Waals surface area contributed by atoms with Crippen LogP contribution in [0.3, 0.4) is 0 Å². The van der Waals surface area contributed by atoms with Gasteiger partial charge >= 0.3 is 5.97 Å². The van der Waals surface area contributed by atoms with Gasteiger partial charge in [0.25, 0.3) is 0 Å². The smallest absolute Gasteiger partial charge is 0.303 e. The molecule has 0 radical (unpaired) electrons. The Balaban J connectivity index is 2.12. The predicted molar refractivity (Wildman–Crippen MR) is 76.4 cm³/mol. The number of aliphatic carboxylic acids is 1. The molecule has 0 atom stereocenters. The summed E-state index contributed by atoms with van der Waals surface area (Å²) in [5.74, 6) is -1.19. The summed E-state index contributed by atoms with van der Waals surface area (Å²) in [7, 11) is 1.99. The first-order chi connectivity index (χ1) is 9.50. The van der Waals surface area contributed by atoms with Crippen molar-refractivity contribution in [3.05, 3.63) is 35.5 Å². The van der Waals surface area contributed by atoms with Crippen molar-refractivity contribution in [3.8, 4) is 0 Å². The topological polar surface area (TPSA) is 71.3 Å². The molecule has 0 saturated carbocycles. The second-order valence-corrected chi connectivity index (χ2v) is 4.81. The summed E-state index contributed by atoms with van der Waals surface area (Å²) in [5.41, 5.74) is 3.30. The number of rotatable bonds is 5. The van der Waals surface area contributed by atoms with E-state index >= 15 is 0 Å². The molecule has 0 aliphatic rings.